The van der Waals surface area contributed by atoms with Crippen LogP contribution in [0.2, 0.25) is 0 Å². The van der Waals surface area contributed by atoms with Gasteiger partial charge in [0.05, 0.1) is 11.3 Å². The van der Waals surface area contributed by atoms with Crippen molar-refractivity contribution < 1.29 is 4.79 Å². The van der Waals surface area contributed by atoms with Crippen molar-refractivity contribution in [2.24, 2.45) is 0 Å². The van der Waals surface area contributed by atoms with Gasteiger partial charge in [0.15, 0.2) is 0 Å². The van der Waals surface area contributed by atoms with Crippen molar-refractivity contribution in [3.8, 4) is 0 Å². The molecule has 0 atom stereocenters. The van der Waals surface area contributed by atoms with Crippen LogP contribution in [0, 0.1) is 0 Å². The van der Waals surface area contributed by atoms with Gasteiger partial charge in [-0.05, 0) is 37.3 Å². The highest BCUT2D eigenvalue weighted by Crippen LogP contribution is 2.26. The maximum absolute atomic E-state index is 12.3. The molecule has 2 aliphatic rings. The van der Waals surface area contributed by atoms with Gasteiger partial charge in [0.2, 0.25) is 0 Å². The van der Waals surface area contributed by atoms with E-state index < -0.39 is 0 Å². The first-order valence-corrected chi connectivity index (χ1v) is 7.01. The number of aryl methyl sites for hydroxylation is 1. The molecular formula is C15H20N2O. The molecule has 3 rings (SSSR count). The normalized spacial score (nSPS) is 19.1. The minimum absolute atomic E-state index is 0.0909. The van der Waals surface area contributed by atoms with E-state index >= 15 is 0 Å². The van der Waals surface area contributed by atoms with Gasteiger partial charge in [0.25, 0.3) is 5.91 Å². The Morgan fingerprint density at radius 1 is 1.22 bits per heavy atom. The minimum atomic E-state index is 0.0909. The molecule has 0 aromatic heterocycles. The van der Waals surface area contributed by atoms with E-state index in [9.17, 15) is 4.79 Å². The molecule has 96 valence electrons. The topological polar surface area (TPSA) is 41.1 Å². The number of hydrogen-bond acceptors (Lipinski definition) is 2. The Balaban J connectivity index is 1.80. The molecule has 18 heavy (non-hydrogen) atoms. The van der Waals surface area contributed by atoms with E-state index in [1.165, 1.54) is 18.4 Å². The third kappa shape index (κ3) is 2.22. The fourth-order valence-electron chi connectivity index (χ4n) is 3.03. The first-order valence-electron chi connectivity index (χ1n) is 7.01. The summed E-state index contributed by atoms with van der Waals surface area (Å²) < 4.78 is 0. The van der Waals surface area contributed by atoms with E-state index in [4.69, 9.17) is 0 Å². The highest BCUT2D eigenvalue weighted by Gasteiger charge is 2.21. The molecule has 1 aromatic rings. The summed E-state index contributed by atoms with van der Waals surface area (Å²) in [6.07, 6.45) is 6.99. The number of fused-ring (bicyclic) bond motifs is 1. The summed E-state index contributed by atoms with van der Waals surface area (Å²) in [5, 5.41) is 6.54. The fraction of sp³-hybridized carbons (Fsp3) is 0.533. The van der Waals surface area contributed by atoms with E-state index in [-0.39, 0.29) is 5.91 Å². The third-order valence-electron chi connectivity index (χ3n) is 4.01. The maximum Gasteiger partial charge on any atom is 0.253 e. The second-order valence-electron chi connectivity index (χ2n) is 5.32. The van der Waals surface area contributed by atoms with Crippen molar-refractivity contribution in [1.82, 2.24) is 5.32 Å². The summed E-state index contributed by atoms with van der Waals surface area (Å²) in [6.45, 7) is 0.973. The Hall–Kier alpha value is -1.51. The molecule has 3 heteroatoms. The molecule has 1 fully saturated rings. The van der Waals surface area contributed by atoms with Crippen LogP contribution in [0.4, 0.5) is 5.69 Å². The zero-order valence-electron chi connectivity index (χ0n) is 10.7. The number of hydrogen-bond donors (Lipinski definition) is 2. The summed E-state index contributed by atoms with van der Waals surface area (Å²) in [5.74, 6) is 0.0909. The predicted molar refractivity (Wildman–Crippen MR) is 73.0 cm³/mol. The van der Waals surface area contributed by atoms with Crippen molar-refractivity contribution in [1.29, 1.82) is 0 Å². The predicted octanol–water partition coefficient (Wildman–Crippen LogP) is 2.72. The number of anilines is 1. The van der Waals surface area contributed by atoms with Crippen LogP contribution in [0.1, 0.15) is 48.0 Å². The number of amides is 1. The van der Waals surface area contributed by atoms with Gasteiger partial charge in [-0.3, -0.25) is 4.79 Å². The summed E-state index contributed by atoms with van der Waals surface area (Å²) >= 11 is 0. The van der Waals surface area contributed by atoms with E-state index in [1.54, 1.807) is 0 Å². The molecule has 0 unspecified atom stereocenters. The first-order chi connectivity index (χ1) is 8.84. The van der Waals surface area contributed by atoms with Crippen molar-refractivity contribution in [3.63, 3.8) is 0 Å². The van der Waals surface area contributed by atoms with E-state index in [0.717, 1.165) is 43.5 Å². The zero-order valence-corrected chi connectivity index (χ0v) is 10.7. The Labute approximate surface area is 108 Å². The second-order valence-corrected chi connectivity index (χ2v) is 5.32. The number of para-hydroxylation sites is 1. The van der Waals surface area contributed by atoms with Crippen molar-refractivity contribution >= 4 is 11.6 Å². The lowest BCUT2D eigenvalue weighted by atomic mass is 9.99. The van der Waals surface area contributed by atoms with Gasteiger partial charge in [0.1, 0.15) is 0 Å². The van der Waals surface area contributed by atoms with Crippen molar-refractivity contribution in [3.05, 3.63) is 29.3 Å². The number of rotatable bonds is 2. The van der Waals surface area contributed by atoms with Crippen LogP contribution in [0.15, 0.2) is 18.2 Å². The molecule has 1 aromatic carbocycles. The highest BCUT2D eigenvalue weighted by molar-refractivity contribution is 6.00. The Kier molecular flexibility index (Phi) is 3.22. The molecule has 1 saturated carbocycles. The standard InChI is InChI=1S/C15H20N2O/c18-15(17-12-7-1-2-8-12)13-9-3-5-11-6-4-10-16-14(11)13/h3,5,9,12,16H,1-2,4,6-8,10H2,(H,17,18). The highest BCUT2D eigenvalue weighted by atomic mass is 16.1. The van der Waals surface area contributed by atoms with Gasteiger partial charge in [0, 0.05) is 12.6 Å². The molecule has 0 bridgehead atoms. The van der Waals surface area contributed by atoms with Gasteiger partial charge in [-0.1, -0.05) is 25.0 Å². The van der Waals surface area contributed by atoms with E-state index in [0.29, 0.717) is 6.04 Å². The van der Waals surface area contributed by atoms with Gasteiger partial charge in [-0.2, -0.15) is 0 Å². The lowest BCUT2D eigenvalue weighted by Gasteiger charge is -2.21. The third-order valence-corrected chi connectivity index (χ3v) is 4.01. The molecule has 1 aliphatic heterocycles. The average molecular weight is 244 g/mol. The Morgan fingerprint density at radius 3 is 2.89 bits per heavy atom. The van der Waals surface area contributed by atoms with Crippen LogP contribution in [0.3, 0.4) is 0 Å². The quantitative estimate of drug-likeness (QED) is 0.840. The van der Waals surface area contributed by atoms with Crippen LogP contribution < -0.4 is 10.6 Å². The van der Waals surface area contributed by atoms with Crippen LogP contribution in [0.5, 0.6) is 0 Å². The fourth-order valence-corrected chi connectivity index (χ4v) is 3.03. The second kappa shape index (κ2) is 5.01. The van der Waals surface area contributed by atoms with Gasteiger partial charge in [-0.15, -0.1) is 0 Å². The SMILES string of the molecule is O=C(NC1CCCC1)c1cccc2c1NCCC2. The van der Waals surface area contributed by atoms with Crippen LogP contribution in [-0.2, 0) is 6.42 Å². The molecule has 1 heterocycles. The molecule has 1 aliphatic carbocycles. The average Bonchev–Trinajstić information content (AvgIpc) is 2.91. The van der Waals surface area contributed by atoms with Gasteiger partial charge >= 0.3 is 0 Å². The van der Waals surface area contributed by atoms with Crippen LogP contribution in [0.25, 0.3) is 0 Å². The number of benzene rings is 1. The molecule has 1 amide bonds. The molecule has 2 N–H and O–H groups in total. The summed E-state index contributed by atoms with van der Waals surface area (Å²) in [4.78, 5) is 12.3. The van der Waals surface area contributed by atoms with Gasteiger partial charge < -0.3 is 10.6 Å². The largest absolute Gasteiger partial charge is 0.384 e. The van der Waals surface area contributed by atoms with Gasteiger partial charge in [-0.25, -0.2) is 0 Å². The maximum atomic E-state index is 12.3. The van der Waals surface area contributed by atoms with E-state index in [1.807, 2.05) is 12.1 Å². The van der Waals surface area contributed by atoms with Crippen LogP contribution in [-0.4, -0.2) is 18.5 Å². The number of nitrogens with one attached hydrogen (secondary N) is 2. The lowest BCUT2D eigenvalue weighted by molar-refractivity contribution is 0.0938. The monoisotopic (exact) mass is 244 g/mol. The molecule has 0 saturated heterocycles. The zero-order chi connectivity index (χ0) is 12.4. The summed E-state index contributed by atoms with van der Waals surface area (Å²) in [6, 6.07) is 6.43. The van der Waals surface area contributed by atoms with Crippen molar-refractivity contribution in [2.45, 2.75) is 44.6 Å². The van der Waals surface area contributed by atoms with Crippen molar-refractivity contribution in [2.75, 3.05) is 11.9 Å². The summed E-state index contributed by atoms with van der Waals surface area (Å²) in [5.41, 5.74) is 3.15. The smallest absolute Gasteiger partial charge is 0.253 e. The van der Waals surface area contributed by atoms with Crippen LogP contribution >= 0.6 is 0 Å². The molecule has 3 nitrogen and oxygen atoms in total. The number of carbonyl (C=O) groups is 1. The lowest BCUT2D eigenvalue weighted by Crippen LogP contribution is -2.33. The Bertz CT molecular complexity index is 450. The van der Waals surface area contributed by atoms with E-state index in [2.05, 4.69) is 16.7 Å². The Morgan fingerprint density at radius 2 is 2.06 bits per heavy atom. The molecular weight excluding hydrogens is 224 g/mol. The minimum Gasteiger partial charge on any atom is -0.384 e. The molecule has 0 spiro atoms. The summed E-state index contributed by atoms with van der Waals surface area (Å²) in [7, 11) is 0. The number of carbonyl (C=O) groups excluding carboxylic acids is 1. The molecule has 0 radical (unpaired) electrons. The first kappa shape index (κ1) is 11.6.